The molecular formula is C13H20N4O2. The first-order valence-corrected chi connectivity index (χ1v) is 6.01. The minimum absolute atomic E-state index is 0.0888. The molecule has 1 aromatic rings. The maximum atomic E-state index is 11.7. The van der Waals surface area contributed by atoms with E-state index in [2.05, 4.69) is 10.6 Å². The van der Waals surface area contributed by atoms with E-state index in [0.717, 1.165) is 0 Å². The van der Waals surface area contributed by atoms with Gasteiger partial charge < -0.3 is 22.1 Å². The Hall–Kier alpha value is -2.08. The second-order valence-corrected chi connectivity index (χ2v) is 5.10. The lowest BCUT2D eigenvalue weighted by atomic mass is 10.00. The van der Waals surface area contributed by atoms with E-state index in [1.165, 1.54) is 0 Å². The van der Waals surface area contributed by atoms with Crippen molar-refractivity contribution in [3.05, 3.63) is 24.3 Å². The second-order valence-electron chi connectivity index (χ2n) is 5.10. The Labute approximate surface area is 112 Å². The van der Waals surface area contributed by atoms with Crippen LogP contribution in [0.25, 0.3) is 0 Å². The van der Waals surface area contributed by atoms with Crippen LogP contribution in [0.3, 0.4) is 0 Å². The Kier molecular flexibility index (Phi) is 4.88. The molecule has 0 atom stereocenters. The highest BCUT2D eigenvalue weighted by atomic mass is 16.2. The summed E-state index contributed by atoms with van der Waals surface area (Å²) >= 11 is 0. The van der Waals surface area contributed by atoms with Crippen LogP contribution >= 0.6 is 0 Å². The molecule has 0 unspecified atom stereocenters. The molecular weight excluding hydrogens is 244 g/mol. The highest BCUT2D eigenvalue weighted by Gasteiger charge is 2.13. The molecule has 0 aliphatic heterocycles. The molecule has 3 amide bonds. The van der Waals surface area contributed by atoms with Gasteiger partial charge >= 0.3 is 6.03 Å². The van der Waals surface area contributed by atoms with E-state index >= 15 is 0 Å². The lowest BCUT2D eigenvalue weighted by Gasteiger charge is -2.17. The Bertz CT molecular complexity index is 449. The van der Waals surface area contributed by atoms with E-state index in [4.69, 9.17) is 11.5 Å². The fourth-order valence-corrected chi connectivity index (χ4v) is 1.44. The van der Waals surface area contributed by atoms with Crippen molar-refractivity contribution >= 4 is 23.3 Å². The SMILES string of the molecule is CC(C)(N)CCC(=O)Nc1ccc(NC(N)=O)cc1. The fourth-order valence-electron chi connectivity index (χ4n) is 1.44. The van der Waals surface area contributed by atoms with E-state index in [9.17, 15) is 9.59 Å². The molecule has 0 saturated heterocycles. The van der Waals surface area contributed by atoms with Crippen molar-refractivity contribution in [2.75, 3.05) is 10.6 Å². The van der Waals surface area contributed by atoms with Crippen LogP contribution in [0.5, 0.6) is 0 Å². The average Bonchev–Trinajstić information content (AvgIpc) is 2.28. The summed E-state index contributed by atoms with van der Waals surface area (Å²) < 4.78 is 0. The zero-order chi connectivity index (χ0) is 14.5. The lowest BCUT2D eigenvalue weighted by molar-refractivity contribution is -0.116. The van der Waals surface area contributed by atoms with E-state index in [1.807, 2.05) is 13.8 Å². The number of benzene rings is 1. The van der Waals surface area contributed by atoms with Gasteiger partial charge in [-0.2, -0.15) is 0 Å². The average molecular weight is 264 g/mol. The van der Waals surface area contributed by atoms with E-state index in [-0.39, 0.29) is 11.4 Å². The molecule has 0 spiro atoms. The number of rotatable bonds is 5. The Morgan fingerprint density at radius 3 is 2.00 bits per heavy atom. The highest BCUT2D eigenvalue weighted by Crippen LogP contribution is 2.14. The Morgan fingerprint density at radius 1 is 1.11 bits per heavy atom. The van der Waals surface area contributed by atoms with Crippen LogP contribution in [0.1, 0.15) is 26.7 Å². The number of anilines is 2. The van der Waals surface area contributed by atoms with Crippen molar-refractivity contribution in [3.63, 3.8) is 0 Å². The first kappa shape index (κ1) is 15.0. The third kappa shape index (κ3) is 6.42. The quantitative estimate of drug-likeness (QED) is 0.648. The van der Waals surface area contributed by atoms with Gasteiger partial charge in [-0.1, -0.05) is 0 Å². The molecule has 6 heteroatoms. The van der Waals surface area contributed by atoms with Crippen molar-refractivity contribution < 1.29 is 9.59 Å². The molecule has 0 heterocycles. The van der Waals surface area contributed by atoms with Gasteiger partial charge in [-0.25, -0.2) is 4.79 Å². The number of hydrogen-bond acceptors (Lipinski definition) is 3. The monoisotopic (exact) mass is 264 g/mol. The first-order chi connectivity index (χ1) is 8.76. The summed E-state index contributed by atoms with van der Waals surface area (Å²) in [6.45, 7) is 3.76. The molecule has 0 fully saturated rings. The van der Waals surface area contributed by atoms with Crippen molar-refractivity contribution in [2.45, 2.75) is 32.2 Å². The smallest absolute Gasteiger partial charge is 0.316 e. The van der Waals surface area contributed by atoms with Crippen LogP contribution < -0.4 is 22.1 Å². The van der Waals surface area contributed by atoms with Gasteiger partial charge in [0, 0.05) is 23.3 Å². The molecule has 0 saturated carbocycles. The molecule has 19 heavy (non-hydrogen) atoms. The molecule has 0 aliphatic carbocycles. The topological polar surface area (TPSA) is 110 Å². The van der Waals surface area contributed by atoms with Crippen molar-refractivity contribution in [2.24, 2.45) is 11.5 Å². The number of nitrogens with one attached hydrogen (secondary N) is 2. The van der Waals surface area contributed by atoms with Crippen LogP contribution in [0.15, 0.2) is 24.3 Å². The summed E-state index contributed by atoms with van der Waals surface area (Å²) in [5.41, 5.74) is 11.7. The summed E-state index contributed by atoms with van der Waals surface area (Å²) in [5.74, 6) is -0.0888. The third-order valence-corrected chi connectivity index (χ3v) is 2.43. The van der Waals surface area contributed by atoms with Crippen molar-refractivity contribution in [1.82, 2.24) is 0 Å². The summed E-state index contributed by atoms with van der Waals surface area (Å²) in [7, 11) is 0. The largest absolute Gasteiger partial charge is 0.351 e. The number of hydrogen-bond donors (Lipinski definition) is 4. The molecule has 104 valence electrons. The predicted molar refractivity (Wildman–Crippen MR) is 75.8 cm³/mol. The zero-order valence-corrected chi connectivity index (χ0v) is 11.2. The number of carbonyl (C=O) groups is 2. The Balaban J connectivity index is 2.49. The maximum absolute atomic E-state index is 11.7. The summed E-state index contributed by atoms with van der Waals surface area (Å²) in [6, 6.07) is 6.08. The van der Waals surface area contributed by atoms with Crippen molar-refractivity contribution in [1.29, 1.82) is 0 Å². The molecule has 0 aliphatic rings. The zero-order valence-electron chi connectivity index (χ0n) is 11.2. The summed E-state index contributed by atoms with van der Waals surface area (Å²) in [6.07, 6.45) is 0.977. The number of carbonyl (C=O) groups excluding carboxylic acids is 2. The minimum Gasteiger partial charge on any atom is -0.351 e. The second kappa shape index (κ2) is 6.19. The minimum atomic E-state index is -0.623. The molecule has 6 nitrogen and oxygen atoms in total. The van der Waals surface area contributed by atoms with Gasteiger partial charge in [0.2, 0.25) is 5.91 Å². The normalized spacial score (nSPS) is 10.9. The van der Waals surface area contributed by atoms with Gasteiger partial charge in [0.15, 0.2) is 0 Å². The lowest BCUT2D eigenvalue weighted by Crippen LogP contribution is -2.33. The number of urea groups is 1. The molecule has 1 aromatic carbocycles. The van der Waals surface area contributed by atoms with Gasteiger partial charge in [-0.05, 0) is 44.5 Å². The van der Waals surface area contributed by atoms with E-state index in [1.54, 1.807) is 24.3 Å². The van der Waals surface area contributed by atoms with Crippen LogP contribution in [0, 0.1) is 0 Å². The molecule has 6 N–H and O–H groups in total. The van der Waals surface area contributed by atoms with Gasteiger partial charge in [0.25, 0.3) is 0 Å². The third-order valence-electron chi connectivity index (χ3n) is 2.43. The van der Waals surface area contributed by atoms with Gasteiger partial charge in [0.05, 0.1) is 0 Å². The summed E-state index contributed by atoms with van der Waals surface area (Å²) in [4.78, 5) is 22.3. The number of primary amides is 1. The maximum Gasteiger partial charge on any atom is 0.316 e. The van der Waals surface area contributed by atoms with E-state index < -0.39 is 6.03 Å². The van der Waals surface area contributed by atoms with Crippen LogP contribution in [0.2, 0.25) is 0 Å². The number of amides is 3. The first-order valence-electron chi connectivity index (χ1n) is 6.01. The fraction of sp³-hybridized carbons (Fsp3) is 0.385. The van der Waals surface area contributed by atoms with Crippen LogP contribution in [-0.4, -0.2) is 17.5 Å². The number of nitrogens with two attached hydrogens (primary N) is 2. The van der Waals surface area contributed by atoms with Gasteiger partial charge in [0.1, 0.15) is 0 Å². The van der Waals surface area contributed by atoms with Crippen LogP contribution in [-0.2, 0) is 4.79 Å². The standard InChI is InChI=1S/C13H20N4O2/c1-13(2,15)8-7-11(18)16-9-3-5-10(6-4-9)17-12(14)19/h3-6H,7-8,15H2,1-2H3,(H,16,18)(H3,14,17,19). The van der Waals surface area contributed by atoms with Gasteiger partial charge in [-0.15, -0.1) is 0 Å². The Morgan fingerprint density at radius 2 is 1.58 bits per heavy atom. The van der Waals surface area contributed by atoms with Gasteiger partial charge in [-0.3, -0.25) is 4.79 Å². The molecule has 1 rings (SSSR count). The molecule has 0 aromatic heterocycles. The highest BCUT2D eigenvalue weighted by molar-refractivity contribution is 5.92. The molecule has 0 radical (unpaired) electrons. The van der Waals surface area contributed by atoms with E-state index in [0.29, 0.717) is 24.2 Å². The summed E-state index contributed by atoms with van der Waals surface area (Å²) in [5, 5.41) is 5.20. The van der Waals surface area contributed by atoms with Crippen molar-refractivity contribution in [3.8, 4) is 0 Å². The molecule has 0 bridgehead atoms. The predicted octanol–water partition coefficient (Wildman–Crippen LogP) is 1.63. The van der Waals surface area contributed by atoms with Crippen LogP contribution in [0.4, 0.5) is 16.2 Å².